The minimum Gasteiger partial charge on any atom is -0.333 e. The number of carbonyl (C=O) groups excluding carboxylic acids is 1. The molecule has 124 valence electrons. The van der Waals surface area contributed by atoms with E-state index in [2.05, 4.69) is 35.9 Å². The molecule has 0 radical (unpaired) electrons. The molecule has 0 saturated carbocycles. The molecule has 1 amide bonds. The van der Waals surface area contributed by atoms with Crippen molar-refractivity contribution in [2.45, 2.75) is 26.8 Å². The lowest BCUT2D eigenvalue weighted by Gasteiger charge is -2.34. The zero-order valence-corrected chi connectivity index (χ0v) is 14.7. The lowest BCUT2D eigenvalue weighted by molar-refractivity contribution is 0.0655. The minimum absolute atomic E-state index is 0. The maximum absolute atomic E-state index is 12.9. The molecule has 1 aromatic heterocycles. The first kappa shape index (κ1) is 17.6. The van der Waals surface area contributed by atoms with Crippen molar-refractivity contribution in [1.29, 1.82) is 0 Å². The fraction of sp³-hybridized carbons (Fsp3) is 0.389. The Kier molecular flexibility index (Phi) is 5.50. The summed E-state index contributed by atoms with van der Waals surface area (Å²) >= 11 is 0. The Morgan fingerprint density at radius 2 is 1.91 bits per heavy atom. The van der Waals surface area contributed by atoms with Crippen LogP contribution in [0.4, 0.5) is 0 Å². The summed E-state index contributed by atoms with van der Waals surface area (Å²) in [5.74, 6) is 0.143. The lowest BCUT2D eigenvalue weighted by atomic mass is 10.1. The summed E-state index contributed by atoms with van der Waals surface area (Å²) < 4.78 is 2.15. The number of aromatic nitrogens is 1. The van der Waals surface area contributed by atoms with E-state index in [1.807, 2.05) is 36.1 Å². The standard InChI is InChI=1S/C18H23N3O.ClH/c1-13-11-17(18(22)20-10-9-19-12-14(20)2)15(3)21(13)16-7-5-4-6-8-16;/h4-8,11,14,19H,9-10,12H2,1-3H3;1H. The van der Waals surface area contributed by atoms with Crippen molar-refractivity contribution < 1.29 is 4.79 Å². The predicted octanol–water partition coefficient (Wildman–Crippen LogP) is 2.95. The largest absolute Gasteiger partial charge is 0.333 e. The van der Waals surface area contributed by atoms with E-state index >= 15 is 0 Å². The highest BCUT2D eigenvalue weighted by molar-refractivity contribution is 5.96. The van der Waals surface area contributed by atoms with Gasteiger partial charge in [0.1, 0.15) is 0 Å². The number of benzene rings is 1. The molecule has 0 aliphatic carbocycles. The van der Waals surface area contributed by atoms with Crippen molar-refractivity contribution in [3.05, 3.63) is 53.3 Å². The molecular weight excluding hydrogens is 310 g/mol. The van der Waals surface area contributed by atoms with Gasteiger partial charge in [0.15, 0.2) is 0 Å². The Balaban J connectivity index is 0.00000192. The summed E-state index contributed by atoms with van der Waals surface area (Å²) in [5, 5.41) is 3.33. The van der Waals surface area contributed by atoms with Gasteiger partial charge in [-0.25, -0.2) is 0 Å². The Morgan fingerprint density at radius 1 is 1.22 bits per heavy atom. The smallest absolute Gasteiger partial charge is 0.256 e. The molecule has 1 saturated heterocycles. The van der Waals surface area contributed by atoms with Crippen molar-refractivity contribution in [2.75, 3.05) is 19.6 Å². The van der Waals surface area contributed by atoms with Gasteiger partial charge in [-0.2, -0.15) is 0 Å². The molecule has 5 heteroatoms. The number of aryl methyl sites for hydroxylation is 1. The molecule has 1 aromatic carbocycles. The van der Waals surface area contributed by atoms with Crippen molar-refractivity contribution in [3.63, 3.8) is 0 Å². The number of rotatable bonds is 2. The summed E-state index contributed by atoms with van der Waals surface area (Å²) in [6, 6.07) is 12.4. The fourth-order valence-electron chi connectivity index (χ4n) is 3.25. The average molecular weight is 334 g/mol. The second-order valence-electron chi connectivity index (χ2n) is 6.01. The summed E-state index contributed by atoms with van der Waals surface area (Å²) in [5.41, 5.74) is 4.02. The number of amides is 1. The quantitative estimate of drug-likeness (QED) is 0.917. The summed E-state index contributed by atoms with van der Waals surface area (Å²) in [4.78, 5) is 14.9. The van der Waals surface area contributed by atoms with Crippen molar-refractivity contribution in [2.24, 2.45) is 0 Å². The van der Waals surface area contributed by atoms with E-state index in [0.29, 0.717) is 0 Å². The number of para-hydroxylation sites is 1. The number of hydrogen-bond acceptors (Lipinski definition) is 2. The molecule has 1 N–H and O–H groups in total. The molecule has 1 fully saturated rings. The molecule has 0 bridgehead atoms. The van der Waals surface area contributed by atoms with E-state index < -0.39 is 0 Å². The Hall–Kier alpha value is -1.78. The SMILES string of the molecule is Cc1cc(C(=O)N2CCNCC2C)c(C)n1-c1ccccc1.Cl. The van der Waals surface area contributed by atoms with Gasteiger partial charge in [-0.3, -0.25) is 4.79 Å². The van der Waals surface area contributed by atoms with Gasteiger partial charge in [-0.05, 0) is 39.0 Å². The number of nitrogens with zero attached hydrogens (tertiary/aromatic N) is 2. The minimum atomic E-state index is 0. The van der Waals surface area contributed by atoms with Crippen LogP contribution in [0.2, 0.25) is 0 Å². The van der Waals surface area contributed by atoms with E-state index in [1.165, 1.54) is 0 Å². The van der Waals surface area contributed by atoms with E-state index in [4.69, 9.17) is 0 Å². The molecule has 0 spiro atoms. The van der Waals surface area contributed by atoms with Crippen LogP contribution in [-0.4, -0.2) is 41.1 Å². The molecule has 1 unspecified atom stereocenters. The van der Waals surface area contributed by atoms with Crippen molar-refractivity contribution in [3.8, 4) is 5.69 Å². The van der Waals surface area contributed by atoms with Crippen molar-refractivity contribution in [1.82, 2.24) is 14.8 Å². The van der Waals surface area contributed by atoms with E-state index in [-0.39, 0.29) is 24.4 Å². The third-order valence-corrected chi connectivity index (χ3v) is 4.44. The first-order chi connectivity index (χ1) is 10.6. The molecule has 3 rings (SSSR count). The highest BCUT2D eigenvalue weighted by Crippen LogP contribution is 2.22. The Labute approximate surface area is 143 Å². The van der Waals surface area contributed by atoms with Crippen molar-refractivity contribution >= 4 is 18.3 Å². The topological polar surface area (TPSA) is 37.3 Å². The predicted molar refractivity (Wildman–Crippen MR) is 95.9 cm³/mol. The van der Waals surface area contributed by atoms with Crippen LogP contribution in [0.5, 0.6) is 0 Å². The fourth-order valence-corrected chi connectivity index (χ4v) is 3.25. The van der Waals surface area contributed by atoms with Crippen LogP contribution >= 0.6 is 12.4 Å². The average Bonchev–Trinajstić information content (AvgIpc) is 2.83. The van der Waals surface area contributed by atoms with Crippen LogP contribution in [-0.2, 0) is 0 Å². The lowest BCUT2D eigenvalue weighted by Crippen LogP contribution is -2.52. The molecule has 1 aliphatic rings. The maximum atomic E-state index is 12.9. The van der Waals surface area contributed by atoms with Crippen LogP contribution in [0.3, 0.4) is 0 Å². The van der Waals surface area contributed by atoms with Crippen LogP contribution in [0.25, 0.3) is 5.69 Å². The highest BCUT2D eigenvalue weighted by atomic mass is 35.5. The molecular formula is C18H24ClN3O. The summed E-state index contributed by atoms with van der Waals surface area (Å²) in [6.07, 6.45) is 0. The first-order valence-corrected chi connectivity index (χ1v) is 7.85. The number of nitrogens with one attached hydrogen (secondary N) is 1. The van der Waals surface area contributed by atoms with Crippen LogP contribution in [0.1, 0.15) is 28.7 Å². The van der Waals surface area contributed by atoms with E-state index in [9.17, 15) is 4.79 Å². The second kappa shape index (κ2) is 7.20. The molecule has 2 heterocycles. The van der Waals surface area contributed by atoms with Gasteiger partial charge < -0.3 is 14.8 Å². The molecule has 1 aliphatic heterocycles. The van der Waals surface area contributed by atoms with Crippen LogP contribution in [0, 0.1) is 13.8 Å². The van der Waals surface area contributed by atoms with Gasteiger partial charge in [-0.15, -0.1) is 12.4 Å². The van der Waals surface area contributed by atoms with Gasteiger partial charge in [0.2, 0.25) is 0 Å². The second-order valence-corrected chi connectivity index (χ2v) is 6.01. The van der Waals surface area contributed by atoms with Gasteiger partial charge in [0.05, 0.1) is 5.56 Å². The van der Waals surface area contributed by atoms with Crippen LogP contribution < -0.4 is 5.32 Å². The normalized spacial score (nSPS) is 17.7. The van der Waals surface area contributed by atoms with Crippen LogP contribution in [0.15, 0.2) is 36.4 Å². The first-order valence-electron chi connectivity index (χ1n) is 7.85. The van der Waals surface area contributed by atoms with Gasteiger partial charge in [-0.1, -0.05) is 18.2 Å². The molecule has 4 nitrogen and oxygen atoms in total. The summed E-state index contributed by atoms with van der Waals surface area (Å²) in [6.45, 7) is 8.68. The zero-order valence-electron chi connectivity index (χ0n) is 13.9. The summed E-state index contributed by atoms with van der Waals surface area (Å²) in [7, 11) is 0. The Morgan fingerprint density at radius 3 is 2.57 bits per heavy atom. The number of halogens is 1. The molecule has 2 aromatic rings. The third-order valence-electron chi connectivity index (χ3n) is 4.44. The zero-order chi connectivity index (χ0) is 15.7. The number of hydrogen-bond donors (Lipinski definition) is 1. The molecule has 1 atom stereocenters. The molecule has 23 heavy (non-hydrogen) atoms. The van der Waals surface area contributed by atoms with Gasteiger partial charge in [0.25, 0.3) is 5.91 Å². The Bertz CT molecular complexity index is 681. The highest BCUT2D eigenvalue weighted by Gasteiger charge is 2.27. The number of piperazine rings is 1. The van der Waals surface area contributed by atoms with Gasteiger partial charge in [0, 0.05) is 42.8 Å². The monoisotopic (exact) mass is 333 g/mol. The van der Waals surface area contributed by atoms with Gasteiger partial charge >= 0.3 is 0 Å². The maximum Gasteiger partial charge on any atom is 0.256 e. The van der Waals surface area contributed by atoms with E-state index in [1.54, 1.807) is 0 Å². The number of carbonyl (C=O) groups is 1. The van der Waals surface area contributed by atoms with E-state index in [0.717, 1.165) is 42.3 Å². The third kappa shape index (κ3) is 3.28.